The maximum absolute atomic E-state index is 12.5. The molecule has 0 bridgehead atoms. The van der Waals surface area contributed by atoms with Crippen molar-refractivity contribution in [1.82, 2.24) is 0 Å². The lowest BCUT2D eigenvalue weighted by Gasteiger charge is -2.06. The highest BCUT2D eigenvalue weighted by molar-refractivity contribution is 6.20. The number of rotatable bonds is 1. The summed E-state index contributed by atoms with van der Waals surface area (Å²) in [6, 6.07) is 16.2. The first kappa shape index (κ1) is 17.0. The monoisotopic (exact) mass is 377 g/mol. The number of aromatic carboxylic acids is 1. The molecule has 0 radical (unpaired) electrons. The molecule has 2 heterocycles. The lowest BCUT2D eigenvalue weighted by molar-refractivity contribution is 0.0698. The molecular formula is C21H12ClNO4. The fourth-order valence-corrected chi connectivity index (χ4v) is 3.56. The Balaban J connectivity index is 0.00000180. The van der Waals surface area contributed by atoms with Gasteiger partial charge in [0.05, 0.1) is 16.6 Å². The number of nitrogens with zero attached hydrogens (tertiary/aromatic N) is 1. The van der Waals surface area contributed by atoms with E-state index in [-0.39, 0.29) is 18.0 Å². The highest BCUT2D eigenvalue weighted by atomic mass is 35.5. The van der Waals surface area contributed by atoms with Crippen LogP contribution in [0, 0.1) is 0 Å². The first-order valence-corrected chi connectivity index (χ1v) is 8.04. The summed E-state index contributed by atoms with van der Waals surface area (Å²) in [6.07, 6.45) is 1.56. The third-order valence-corrected chi connectivity index (χ3v) is 4.69. The van der Waals surface area contributed by atoms with E-state index in [4.69, 9.17) is 4.42 Å². The number of carboxylic acids is 1. The molecule has 3 aromatic carbocycles. The minimum atomic E-state index is -1.04. The van der Waals surface area contributed by atoms with Gasteiger partial charge in [0, 0.05) is 28.1 Å². The Kier molecular flexibility index (Phi) is 3.82. The van der Waals surface area contributed by atoms with Crippen molar-refractivity contribution in [1.29, 1.82) is 0 Å². The Hall–Kier alpha value is -3.44. The number of hydrogen-bond acceptors (Lipinski definition) is 4. The molecule has 0 saturated heterocycles. The fraction of sp³-hybridized carbons (Fsp3) is 0. The van der Waals surface area contributed by atoms with Gasteiger partial charge in [0.2, 0.25) is 0 Å². The summed E-state index contributed by atoms with van der Waals surface area (Å²) >= 11 is 0. The van der Waals surface area contributed by atoms with Gasteiger partial charge in [-0.3, -0.25) is 4.99 Å². The molecule has 0 atom stereocenters. The molecule has 0 saturated carbocycles. The predicted octanol–water partition coefficient (Wildman–Crippen LogP) is 3.70. The van der Waals surface area contributed by atoms with Gasteiger partial charge in [-0.1, -0.05) is 42.5 Å². The number of carboxylic acid groups (broad SMARTS) is 1. The highest BCUT2D eigenvalue weighted by Gasteiger charge is 2.22. The van der Waals surface area contributed by atoms with Crippen LogP contribution in [-0.4, -0.2) is 17.3 Å². The molecule has 27 heavy (non-hydrogen) atoms. The van der Waals surface area contributed by atoms with Gasteiger partial charge in [-0.15, -0.1) is 12.4 Å². The van der Waals surface area contributed by atoms with Gasteiger partial charge in [0.15, 0.2) is 0 Å². The smallest absolute Gasteiger partial charge is 0.344 e. The van der Waals surface area contributed by atoms with Crippen molar-refractivity contribution in [2.24, 2.45) is 4.99 Å². The molecule has 0 amide bonds. The van der Waals surface area contributed by atoms with Crippen molar-refractivity contribution in [2.45, 2.75) is 0 Å². The Morgan fingerprint density at radius 3 is 2.41 bits per heavy atom. The quantitative estimate of drug-likeness (QED) is 0.548. The van der Waals surface area contributed by atoms with Gasteiger partial charge in [-0.05, 0) is 17.5 Å². The van der Waals surface area contributed by atoms with Crippen LogP contribution in [-0.2, 0) is 0 Å². The second kappa shape index (κ2) is 6.07. The Morgan fingerprint density at radius 1 is 0.963 bits per heavy atom. The largest absolute Gasteiger partial charge is 0.478 e. The molecular weight excluding hydrogens is 366 g/mol. The van der Waals surface area contributed by atoms with Gasteiger partial charge >= 0.3 is 11.6 Å². The molecule has 5 nitrogen and oxygen atoms in total. The van der Waals surface area contributed by atoms with E-state index < -0.39 is 11.6 Å². The van der Waals surface area contributed by atoms with E-state index in [1.54, 1.807) is 24.4 Å². The molecule has 1 aliphatic heterocycles. The zero-order chi connectivity index (χ0) is 17.8. The van der Waals surface area contributed by atoms with E-state index in [1.165, 1.54) is 6.07 Å². The number of benzene rings is 3. The number of halogens is 1. The molecule has 0 unspecified atom stereocenters. The van der Waals surface area contributed by atoms with Crippen LogP contribution in [0.25, 0.3) is 27.1 Å². The van der Waals surface area contributed by atoms with Gasteiger partial charge < -0.3 is 9.52 Å². The van der Waals surface area contributed by atoms with Gasteiger partial charge in [-0.25, -0.2) is 9.59 Å². The zero-order valence-electron chi connectivity index (χ0n) is 13.8. The number of carbonyl (C=O) groups is 1. The topological polar surface area (TPSA) is 79.9 Å². The van der Waals surface area contributed by atoms with Crippen molar-refractivity contribution in [3.05, 3.63) is 81.6 Å². The van der Waals surface area contributed by atoms with E-state index in [9.17, 15) is 14.7 Å². The maximum Gasteiger partial charge on any atom is 0.344 e. The summed E-state index contributed by atoms with van der Waals surface area (Å²) in [6.45, 7) is 0. The van der Waals surface area contributed by atoms with Crippen LogP contribution in [0.15, 0.2) is 68.8 Å². The van der Waals surface area contributed by atoms with Crippen LogP contribution in [0.2, 0.25) is 0 Å². The van der Waals surface area contributed by atoms with Crippen LogP contribution in [0.5, 0.6) is 0 Å². The molecule has 4 aromatic rings. The Labute approximate surface area is 158 Å². The average Bonchev–Trinajstić information content (AvgIpc) is 3.08. The SMILES string of the molecule is Cl.O=C(O)c1cccc2c1N=CC2=c1oc(=O)c2cccc3cccc1c32. The molecule has 6 heteroatoms. The molecule has 132 valence electrons. The van der Waals surface area contributed by atoms with Crippen molar-refractivity contribution in [3.63, 3.8) is 0 Å². The zero-order valence-corrected chi connectivity index (χ0v) is 14.6. The molecule has 1 aromatic heterocycles. The predicted molar refractivity (Wildman–Crippen MR) is 107 cm³/mol. The second-order valence-corrected chi connectivity index (χ2v) is 6.11. The third kappa shape index (κ3) is 2.36. The Morgan fingerprint density at radius 2 is 1.67 bits per heavy atom. The van der Waals surface area contributed by atoms with E-state index in [0.29, 0.717) is 27.6 Å². The summed E-state index contributed by atoms with van der Waals surface area (Å²) in [5.74, 6) is -1.04. The number of fused-ring (bicyclic) bond motifs is 1. The van der Waals surface area contributed by atoms with Gasteiger partial charge in [0.25, 0.3) is 0 Å². The molecule has 0 spiro atoms. The summed E-state index contributed by atoms with van der Waals surface area (Å²) in [4.78, 5) is 28.2. The van der Waals surface area contributed by atoms with E-state index in [0.717, 1.165) is 16.2 Å². The van der Waals surface area contributed by atoms with E-state index >= 15 is 0 Å². The van der Waals surface area contributed by atoms with E-state index in [2.05, 4.69) is 4.99 Å². The Bertz CT molecular complexity index is 1380. The van der Waals surface area contributed by atoms with Crippen molar-refractivity contribution in [3.8, 4) is 0 Å². The lowest BCUT2D eigenvalue weighted by Crippen LogP contribution is -2.16. The van der Waals surface area contributed by atoms with Crippen molar-refractivity contribution < 1.29 is 14.3 Å². The van der Waals surface area contributed by atoms with Crippen molar-refractivity contribution in [2.75, 3.05) is 0 Å². The molecule has 1 N–H and O–H groups in total. The maximum atomic E-state index is 12.5. The number of hydrogen-bond donors (Lipinski definition) is 1. The first-order valence-electron chi connectivity index (χ1n) is 8.04. The van der Waals surface area contributed by atoms with Crippen LogP contribution in [0.4, 0.5) is 5.69 Å². The first-order chi connectivity index (χ1) is 12.6. The molecule has 1 aliphatic rings. The standard InChI is InChI=1S/C21H11NO4.ClH/c23-20(24)15-9-3-6-12-16(10-22-18(12)15)19-13-7-1-4-11-5-2-8-14(17(11)13)21(25)26-19;/h1-10H,(H,23,24);1H. The minimum Gasteiger partial charge on any atom is -0.478 e. The summed E-state index contributed by atoms with van der Waals surface area (Å²) in [5, 5.41) is 12.5. The van der Waals surface area contributed by atoms with E-state index in [1.807, 2.05) is 30.3 Å². The lowest BCUT2D eigenvalue weighted by atomic mass is 9.99. The van der Waals surface area contributed by atoms with Crippen LogP contribution >= 0.6 is 12.4 Å². The number of para-hydroxylation sites is 1. The summed E-state index contributed by atoms with van der Waals surface area (Å²) < 4.78 is 5.65. The molecule has 0 fully saturated rings. The van der Waals surface area contributed by atoms with Crippen LogP contribution in [0.1, 0.15) is 15.9 Å². The fourth-order valence-electron chi connectivity index (χ4n) is 3.56. The summed E-state index contributed by atoms with van der Waals surface area (Å²) in [7, 11) is 0. The molecule has 0 aliphatic carbocycles. The third-order valence-electron chi connectivity index (χ3n) is 4.69. The number of aliphatic imine (C=N–C) groups is 1. The van der Waals surface area contributed by atoms with Crippen LogP contribution < -0.4 is 11.0 Å². The summed E-state index contributed by atoms with van der Waals surface area (Å²) in [5.41, 5.74) is 1.74. The normalized spacial score (nSPS) is 14.4. The van der Waals surface area contributed by atoms with Gasteiger partial charge in [0.1, 0.15) is 5.42 Å². The minimum absolute atomic E-state index is 0. The highest BCUT2D eigenvalue weighted by Crippen LogP contribution is 2.34. The molecule has 5 rings (SSSR count). The second-order valence-electron chi connectivity index (χ2n) is 6.11. The van der Waals surface area contributed by atoms with Gasteiger partial charge in [-0.2, -0.15) is 0 Å². The van der Waals surface area contributed by atoms with Crippen molar-refractivity contribution >= 4 is 57.4 Å². The van der Waals surface area contributed by atoms with Crippen LogP contribution in [0.3, 0.4) is 0 Å². The average molecular weight is 378 g/mol.